The third-order valence-electron chi connectivity index (χ3n) is 6.00. The van der Waals surface area contributed by atoms with Gasteiger partial charge in [0.1, 0.15) is 29.2 Å². The van der Waals surface area contributed by atoms with Crippen LogP contribution in [0.4, 0.5) is 8.78 Å². The molecule has 0 aliphatic heterocycles. The number of halogens is 2. The van der Waals surface area contributed by atoms with E-state index in [0.717, 1.165) is 44.2 Å². The van der Waals surface area contributed by atoms with E-state index < -0.39 is 17.5 Å². The third-order valence-corrected chi connectivity index (χ3v) is 6.00. The smallest absolute Gasteiger partial charge is 0.270 e. The first-order valence-electron chi connectivity index (χ1n) is 11.3. The minimum Gasteiger partial charge on any atom is -0.444 e. The van der Waals surface area contributed by atoms with Gasteiger partial charge >= 0.3 is 0 Å². The summed E-state index contributed by atoms with van der Waals surface area (Å²) in [5.41, 5.74) is 6.27. The highest BCUT2D eigenvalue weighted by Crippen LogP contribution is 2.34. The number of amides is 1. The summed E-state index contributed by atoms with van der Waals surface area (Å²) in [5, 5.41) is 8.99. The van der Waals surface area contributed by atoms with Crippen molar-refractivity contribution in [1.82, 2.24) is 29.5 Å². The minimum absolute atomic E-state index is 0.0125. The Hall–Kier alpha value is -3.93. The number of rotatable bonds is 7. The number of hydrogen-bond donors (Lipinski definition) is 1. The van der Waals surface area contributed by atoms with Crippen LogP contribution in [-0.2, 0) is 4.74 Å². The molecular formula is C23H23F2N7O3. The van der Waals surface area contributed by atoms with Crippen LogP contribution in [0.5, 0.6) is 0 Å². The average molecular weight is 483 g/mol. The maximum absolute atomic E-state index is 14.7. The van der Waals surface area contributed by atoms with Gasteiger partial charge in [0.2, 0.25) is 5.89 Å². The highest BCUT2D eigenvalue weighted by molar-refractivity contribution is 5.90. The summed E-state index contributed by atoms with van der Waals surface area (Å²) in [6.07, 6.45) is 10.7. The van der Waals surface area contributed by atoms with Crippen molar-refractivity contribution in [3.8, 4) is 28.5 Å². The second-order valence-electron chi connectivity index (χ2n) is 8.29. The molecule has 0 bridgehead atoms. The van der Waals surface area contributed by atoms with E-state index in [1.165, 1.54) is 10.9 Å². The van der Waals surface area contributed by atoms with Crippen LogP contribution in [0.25, 0.3) is 28.5 Å². The van der Waals surface area contributed by atoms with Gasteiger partial charge in [-0.25, -0.2) is 23.4 Å². The third kappa shape index (κ3) is 4.56. The summed E-state index contributed by atoms with van der Waals surface area (Å²) in [6, 6.07) is 0.855. The number of carbonyl (C=O) groups is 1. The van der Waals surface area contributed by atoms with E-state index in [1.54, 1.807) is 17.1 Å². The quantitative estimate of drug-likeness (QED) is 0.425. The first-order valence-corrected chi connectivity index (χ1v) is 11.3. The molecule has 0 spiro atoms. The van der Waals surface area contributed by atoms with Crippen LogP contribution in [0.1, 0.15) is 49.1 Å². The number of nitrogens with two attached hydrogens (primary N) is 1. The zero-order valence-electron chi connectivity index (χ0n) is 18.9. The average Bonchev–Trinajstić information content (AvgIpc) is 3.59. The van der Waals surface area contributed by atoms with Crippen LogP contribution in [-0.4, -0.2) is 48.1 Å². The van der Waals surface area contributed by atoms with Gasteiger partial charge in [-0.15, -0.1) is 0 Å². The lowest BCUT2D eigenvalue weighted by Crippen LogP contribution is -2.24. The number of primary amides is 1. The molecule has 0 unspecified atom stereocenters. The fourth-order valence-electron chi connectivity index (χ4n) is 4.29. The molecule has 4 aromatic rings. The molecule has 5 rings (SSSR count). The Balaban J connectivity index is 1.52. The van der Waals surface area contributed by atoms with E-state index >= 15 is 0 Å². The maximum Gasteiger partial charge on any atom is 0.270 e. The van der Waals surface area contributed by atoms with Crippen molar-refractivity contribution in [2.45, 2.75) is 44.8 Å². The van der Waals surface area contributed by atoms with E-state index in [2.05, 4.69) is 20.2 Å². The molecule has 12 heteroatoms. The lowest BCUT2D eigenvalue weighted by molar-refractivity contribution is 0.0260. The molecule has 1 aliphatic carbocycles. The summed E-state index contributed by atoms with van der Waals surface area (Å²) >= 11 is 0. The van der Waals surface area contributed by atoms with Gasteiger partial charge in [0.05, 0.1) is 36.3 Å². The number of carbonyl (C=O) groups excluding carboxylic acids is 1. The van der Waals surface area contributed by atoms with E-state index in [4.69, 9.17) is 14.9 Å². The van der Waals surface area contributed by atoms with Crippen LogP contribution in [0.15, 0.2) is 41.5 Å². The van der Waals surface area contributed by atoms with Gasteiger partial charge in [0.25, 0.3) is 5.91 Å². The van der Waals surface area contributed by atoms with E-state index in [1.807, 2.05) is 6.92 Å². The Labute approximate surface area is 198 Å². The maximum atomic E-state index is 14.7. The van der Waals surface area contributed by atoms with Gasteiger partial charge in [-0.2, -0.15) is 10.2 Å². The first-order chi connectivity index (χ1) is 16.9. The summed E-state index contributed by atoms with van der Waals surface area (Å²) in [5.74, 6) is -2.17. The van der Waals surface area contributed by atoms with Crippen molar-refractivity contribution >= 4 is 5.91 Å². The van der Waals surface area contributed by atoms with Crippen molar-refractivity contribution in [1.29, 1.82) is 0 Å². The van der Waals surface area contributed by atoms with Crippen molar-refractivity contribution < 1.29 is 22.7 Å². The van der Waals surface area contributed by atoms with Gasteiger partial charge in [0.15, 0.2) is 11.5 Å². The Kier molecular flexibility index (Phi) is 6.12. The summed E-state index contributed by atoms with van der Waals surface area (Å²) in [4.78, 5) is 19.3. The number of hydrogen-bond acceptors (Lipinski definition) is 7. The molecule has 1 fully saturated rings. The molecule has 35 heavy (non-hydrogen) atoms. The predicted molar refractivity (Wildman–Crippen MR) is 119 cm³/mol. The van der Waals surface area contributed by atoms with E-state index in [0.29, 0.717) is 17.9 Å². The summed E-state index contributed by atoms with van der Waals surface area (Å²) in [6.45, 7) is 2.65. The summed E-state index contributed by atoms with van der Waals surface area (Å²) in [7, 11) is 0. The number of nitrogens with zero attached hydrogens (tertiary/aromatic N) is 6. The lowest BCUT2D eigenvalue weighted by atomic mass is 9.93. The topological polar surface area (TPSA) is 127 Å². The van der Waals surface area contributed by atoms with E-state index in [-0.39, 0.29) is 35.1 Å². The second-order valence-corrected chi connectivity index (χ2v) is 8.29. The van der Waals surface area contributed by atoms with Crippen molar-refractivity contribution in [2.24, 2.45) is 5.73 Å². The van der Waals surface area contributed by atoms with Gasteiger partial charge in [-0.1, -0.05) is 0 Å². The second kappa shape index (κ2) is 9.37. The van der Waals surface area contributed by atoms with Crippen LogP contribution in [0, 0.1) is 11.6 Å². The van der Waals surface area contributed by atoms with E-state index in [9.17, 15) is 13.6 Å². The predicted octanol–water partition coefficient (Wildman–Crippen LogP) is 3.68. The zero-order valence-corrected chi connectivity index (χ0v) is 18.9. The largest absolute Gasteiger partial charge is 0.444 e. The lowest BCUT2D eigenvalue weighted by Gasteiger charge is -2.28. The Morgan fingerprint density at radius 1 is 1.20 bits per heavy atom. The molecule has 4 heterocycles. The van der Waals surface area contributed by atoms with Crippen LogP contribution in [0.2, 0.25) is 0 Å². The number of oxazole rings is 1. The monoisotopic (exact) mass is 483 g/mol. The highest BCUT2D eigenvalue weighted by atomic mass is 19.1. The van der Waals surface area contributed by atoms with Crippen molar-refractivity contribution in [3.63, 3.8) is 0 Å². The highest BCUT2D eigenvalue weighted by Gasteiger charge is 2.27. The van der Waals surface area contributed by atoms with Crippen LogP contribution in [0.3, 0.4) is 0 Å². The van der Waals surface area contributed by atoms with Gasteiger partial charge < -0.3 is 14.9 Å². The standard InChI is InChI=1S/C23H23F2N7O3/c1-2-34-16-5-3-15(4-6-16)31-11-19(21(30-31)20-17(25)7-14(24)9-27-20)32-10-13(8-28-32)23-29-18(12-35-23)22(26)33/h7-12,15-16H,2-6H2,1H3,(H2,26,33). The minimum atomic E-state index is -0.831. The molecule has 0 aromatic carbocycles. The molecule has 0 saturated heterocycles. The number of ether oxygens (including phenoxy) is 1. The molecule has 4 aromatic heterocycles. The molecule has 1 aliphatic rings. The Morgan fingerprint density at radius 3 is 2.69 bits per heavy atom. The van der Waals surface area contributed by atoms with Crippen molar-refractivity contribution in [3.05, 3.63) is 54.4 Å². The molecule has 1 saturated carbocycles. The SMILES string of the molecule is CCOC1CCC(n2cc(-n3cc(-c4nc(C(N)=O)co4)cn3)c(-c3ncc(F)cc3F)n2)CC1. The number of pyridine rings is 1. The first kappa shape index (κ1) is 22.8. The molecular weight excluding hydrogens is 460 g/mol. The molecule has 0 radical (unpaired) electrons. The van der Waals surface area contributed by atoms with Gasteiger partial charge in [-0.3, -0.25) is 9.48 Å². The normalized spacial score (nSPS) is 18.1. The van der Waals surface area contributed by atoms with Crippen LogP contribution < -0.4 is 5.73 Å². The molecule has 10 nitrogen and oxygen atoms in total. The number of aromatic nitrogens is 6. The molecule has 0 atom stereocenters. The zero-order chi connectivity index (χ0) is 24.5. The Bertz CT molecular complexity index is 1350. The molecule has 1 amide bonds. The molecule has 2 N–H and O–H groups in total. The molecule has 182 valence electrons. The fourth-order valence-corrected chi connectivity index (χ4v) is 4.29. The summed E-state index contributed by atoms with van der Waals surface area (Å²) < 4.78 is 42.6. The Morgan fingerprint density at radius 2 is 2.00 bits per heavy atom. The van der Waals surface area contributed by atoms with Gasteiger partial charge in [-0.05, 0) is 32.6 Å². The van der Waals surface area contributed by atoms with Gasteiger partial charge in [0, 0.05) is 18.9 Å². The van der Waals surface area contributed by atoms with Crippen molar-refractivity contribution in [2.75, 3.05) is 6.61 Å². The van der Waals surface area contributed by atoms with Crippen LogP contribution >= 0.6 is 0 Å². The fraction of sp³-hybridized carbons (Fsp3) is 0.348.